The Labute approximate surface area is 151 Å². The number of amides is 1. The summed E-state index contributed by atoms with van der Waals surface area (Å²) in [5.74, 6) is -0.424. The molecule has 3 rings (SSSR count). The molecule has 0 aliphatic heterocycles. The van der Waals surface area contributed by atoms with Gasteiger partial charge in [-0.05, 0) is 72.5 Å². The second-order valence-corrected chi connectivity index (χ2v) is 6.79. The summed E-state index contributed by atoms with van der Waals surface area (Å²) in [4.78, 5) is 15.1. The summed E-state index contributed by atoms with van der Waals surface area (Å²) in [5, 5.41) is 2.80. The molecule has 0 aliphatic carbocycles. The van der Waals surface area contributed by atoms with Gasteiger partial charge in [-0.25, -0.2) is 0 Å². The molecule has 2 aromatic carbocycles. The average Bonchev–Trinajstić information content (AvgIpc) is 2.88. The van der Waals surface area contributed by atoms with Crippen LogP contribution in [0.4, 0.5) is 5.69 Å². The van der Waals surface area contributed by atoms with Gasteiger partial charge in [-0.1, -0.05) is 24.8 Å². The molecular weight excluding hydrogens is 330 g/mol. The minimum absolute atomic E-state index is 0.424. The van der Waals surface area contributed by atoms with E-state index < -0.39 is 5.91 Å². The molecule has 0 fully saturated rings. The number of fused-ring (bicyclic) bond motifs is 1. The lowest BCUT2D eigenvalue weighted by atomic mass is 9.93. The summed E-state index contributed by atoms with van der Waals surface area (Å²) in [6, 6.07) is 9.94. The maximum atomic E-state index is 11.8. The van der Waals surface area contributed by atoms with Crippen molar-refractivity contribution in [2.24, 2.45) is 5.73 Å². The molecule has 0 radical (unpaired) electrons. The molecule has 0 atom stereocenters. The van der Waals surface area contributed by atoms with E-state index in [1.165, 1.54) is 11.9 Å². The Morgan fingerprint density at radius 2 is 1.92 bits per heavy atom. The molecule has 25 heavy (non-hydrogen) atoms. The van der Waals surface area contributed by atoms with E-state index in [9.17, 15) is 4.79 Å². The molecule has 4 nitrogen and oxygen atoms in total. The van der Waals surface area contributed by atoms with E-state index in [1.54, 1.807) is 11.5 Å². The summed E-state index contributed by atoms with van der Waals surface area (Å²) in [6.07, 6.45) is 0. The molecule has 0 unspecified atom stereocenters. The van der Waals surface area contributed by atoms with Crippen LogP contribution < -0.4 is 10.5 Å². The Hall–Kier alpha value is -2.66. The number of carbonyl (C=O) groups excluding carboxylic acids is 1. The SMILES string of the molecule is C=CSNc1cccc(-c2ccc(C(N)=O)c3[nH]c(C)c(C)c23)c1C. The van der Waals surface area contributed by atoms with Gasteiger partial charge >= 0.3 is 0 Å². The highest BCUT2D eigenvalue weighted by Crippen LogP contribution is 2.37. The first-order valence-electron chi connectivity index (χ1n) is 8.00. The third-order valence-corrected chi connectivity index (χ3v) is 5.10. The van der Waals surface area contributed by atoms with E-state index in [2.05, 4.69) is 36.2 Å². The number of aromatic nitrogens is 1. The molecule has 0 aliphatic rings. The molecule has 4 N–H and O–H groups in total. The molecule has 0 spiro atoms. The van der Waals surface area contributed by atoms with E-state index >= 15 is 0 Å². The van der Waals surface area contributed by atoms with Crippen molar-refractivity contribution in [3.63, 3.8) is 0 Å². The fraction of sp³-hybridized carbons (Fsp3) is 0.150. The molecule has 1 heterocycles. The number of hydrogen-bond acceptors (Lipinski definition) is 3. The zero-order valence-electron chi connectivity index (χ0n) is 14.6. The van der Waals surface area contributed by atoms with Gasteiger partial charge < -0.3 is 15.4 Å². The number of aryl methyl sites for hydroxylation is 2. The van der Waals surface area contributed by atoms with Gasteiger partial charge in [-0.2, -0.15) is 0 Å². The lowest BCUT2D eigenvalue weighted by Crippen LogP contribution is -2.11. The number of nitrogens with two attached hydrogens (primary N) is 1. The third-order valence-electron chi connectivity index (χ3n) is 4.60. The van der Waals surface area contributed by atoms with Crippen molar-refractivity contribution in [3.05, 3.63) is 64.7 Å². The zero-order chi connectivity index (χ0) is 18.1. The first-order valence-corrected chi connectivity index (χ1v) is 8.88. The van der Waals surface area contributed by atoms with Crippen LogP contribution in [0.15, 0.2) is 42.3 Å². The van der Waals surface area contributed by atoms with Crippen molar-refractivity contribution in [2.75, 3.05) is 4.72 Å². The van der Waals surface area contributed by atoms with E-state index in [0.717, 1.165) is 44.5 Å². The quantitative estimate of drug-likeness (QED) is 0.563. The van der Waals surface area contributed by atoms with Gasteiger partial charge in [-0.3, -0.25) is 4.79 Å². The highest BCUT2D eigenvalue weighted by atomic mass is 32.2. The number of hydrogen-bond donors (Lipinski definition) is 3. The lowest BCUT2D eigenvalue weighted by molar-refractivity contribution is 0.100. The van der Waals surface area contributed by atoms with Crippen molar-refractivity contribution >= 4 is 34.4 Å². The monoisotopic (exact) mass is 351 g/mol. The molecule has 1 aromatic heterocycles. The van der Waals surface area contributed by atoms with E-state index in [0.29, 0.717) is 5.56 Å². The van der Waals surface area contributed by atoms with Crippen molar-refractivity contribution in [1.29, 1.82) is 0 Å². The first-order chi connectivity index (χ1) is 12.0. The molecule has 0 bridgehead atoms. The van der Waals surface area contributed by atoms with Gasteiger partial charge in [0.25, 0.3) is 5.91 Å². The Balaban J connectivity index is 2.29. The maximum Gasteiger partial charge on any atom is 0.250 e. The first kappa shape index (κ1) is 17.2. The van der Waals surface area contributed by atoms with Gasteiger partial charge in [0, 0.05) is 16.8 Å². The summed E-state index contributed by atoms with van der Waals surface area (Å²) in [7, 11) is 0. The third kappa shape index (κ3) is 2.91. The molecular formula is C20H21N3OS. The predicted octanol–water partition coefficient (Wildman–Crippen LogP) is 5.06. The van der Waals surface area contributed by atoms with Crippen LogP contribution in [0.5, 0.6) is 0 Å². The fourth-order valence-corrected chi connectivity index (χ4v) is 3.60. The van der Waals surface area contributed by atoms with Crippen LogP contribution in [0.1, 0.15) is 27.2 Å². The van der Waals surface area contributed by atoms with Gasteiger partial charge in [0.05, 0.1) is 11.1 Å². The number of carbonyl (C=O) groups is 1. The van der Waals surface area contributed by atoms with Crippen LogP contribution in [-0.4, -0.2) is 10.9 Å². The van der Waals surface area contributed by atoms with Crippen LogP contribution >= 0.6 is 11.9 Å². The number of H-pyrrole nitrogens is 1. The number of nitrogens with one attached hydrogen (secondary N) is 2. The van der Waals surface area contributed by atoms with Crippen LogP contribution in [0.25, 0.3) is 22.0 Å². The standard InChI is InChI=1S/C20H21N3OS/c1-5-25-23-17-8-6-7-14(12(17)3)15-9-10-16(20(21)24)19-18(15)11(2)13(4)22-19/h5-10,22-23H,1H2,2-4H3,(H2,21,24). The largest absolute Gasteiger partial charge is 0.366 e. The van der Waals surface area contributed by atoms with Crippen LogP contribution in [-0.2, 0) is 0 Å². The molecule has 3 aromatic rings. The molecule has 5 heteroatoms. The van der Waals surface area contributed by atoms with Crippen molar-refractivity contribution in [1.82, 2.24) is 4.98 Å². The van der Waals surface area contributed by atoms with Crippen molar-refractivity contribution in [3.8, 4) is 11.1 Å². The van der Waals surface area contributed by atoms with Crippen molar-refractivity contribution < 1.29 is 4.79 Å². The lowest BCUT2D eigenvalue weighted by Gasteiger charge is -2.14. The van der Waals surface area contributed by atoms with E-state index in [-0.39, 0.29) is 0 Å². The number of aromatic amines is 1. The Kier molecular flexibility index (Phi) is 4.59. The van der Waals surface area contributed by atoms with Crippen molar-refractivity contribution in [2.45, 2.75) is 20.8 Å². The van der Waals surface area contributed by atoms with E-state index in [1.807, 2.05) is 25.1 Å². The van der Waals surface area contributed by atoms with Crippen LogP contribution in [0.3, 0.4) is 0 Å². The second kappa shape index (κ2) is 6.69. The zero-order valence-corrected chi connectivity index (χ0v) is 15.4. The molecule has 0 saturated carbocycles. The van der Waals surface area contributed by atoms with Crippen LogP contribution in [0, 0.1) is 20.8 Å². The smallest absolute Gasteiger partial charge is 0.250 e. The number of anilines is 1. The summed E-state index contributed by atoms with van der Waals surface area (Å²) >= 11 is 1.44. The highest BCUT2D eigenvalue weighted by Gasteiger charge is 2.18. The Bertz CT molecular complexity index is 988. The molecule has 1 amide bonds. The van der Waals surface area contributed by atoms with Crippen LogP contribution in [0.2, 0.25) is 0 Å². The summed E-state index contributed by atoms with van der Waals surface area (Å²) in [5.41, 5.74) is 13.4. The minimum atomic E-state index is -0.424. The fourth-order valence-electron chi connectivity index (χ4n) is 3.16. The number of primary amides is 1. The van der Waals surface area contributed by atoms with Gasteiger partial charge in [0.15, 0.2) is 0 Å². The summed E-state index contributed by atoms with van der Waals surface area (Å²) < 4.78 is 3.29. The average molecular weight is 351 g/mol. The summed E-state index contributed by atoms with van der Waals surface area (Å²) in [6.45, 7) is 9.88. The predicted molar refractivity (Wildman–Crippen MR) is 108 cm³/mol. The van der Waals surface area contributed by atoms with E-state index in [4.69, 9.17) is 5.73 Å². The minimum Gasteiger partial charge on any atom is -0.366 e. The topological polar surface area (TPSA) is 70.9 Å². The Morgan fingerprint density at radius 3 is 2.60 bits per heavy atom. The second-order valence-electron chi connectivity index (χ2n) is 6.01. The maximum absolute atomic E-state index is 11.8. The van der Waals surface area contributed by atoms with Gasteiger partial charge in [0.2, 0.25) is 0 Å². The Morgan fingerprint density at radius 1 is 1.16 bits per heavy atom. The normalized spacial score (nSPS) is 10.8. The molecule has 0 saturated heterocycles. The number of rotatable bonds is 5. The highest BCUT2D eigenvalue weighted by molar-refractivity contribution is 8.03. The van der Waals surface area contributed by atoms with Gasteiger partial charge in [0.1, 0.15) is 0 Å². The molecule has 128 valence electrons. The number of benzene rings is 2. The van der Waals surface area contributed by atoms with Gasteiger partial charge in [-0.15, -0.1) is 0 Å².